The van der Waals surface area contributed by atoms with Gasteiger partial charge in [-0.25, -0.2) is 4.98 Å². The first-order valence-corrected chi connectivity index (χ1v) is 8.76. The van der Waals surface area contributed by atoms with Crippen molar-refractivity contribution in [3.63, 3.8) is 0 Å². The lowest BCUT2D eigenvalue weighted by Gasteiger charge is -2.09. The SMILES string of the molecule is CCCCNc1c(C#N)cnc2sc(-c3ccccc3)c(Cl)c12. The van der Waals surface area contributed by atoms with Gasteiger partial charge >= 0.3 is 0 Å². The van der Waals surface area contributed by atoms with Gasteiger partial charge < -0.3 is 5.32 Å². The summed E-state index contributed by atoms with van der Waals surface area (Å²) in [5.74, 6) is 0. The smallest absolute Gasteiger partial charge is 0.127 e. The van der Waals surface area contributed by atoms with Gasteiger partial charge in [-0.3, -0.25) is 0 Å². The highest BCUT2D eigenvalue weighted by atomic mass is 35.5. The molecule has 0 saturated carbocycles. The topological polar surface area (TPSA) is 48.7 Å². The Balaban J connectivity index is 2.16. The number of nitrogens with zero attached hydrogens (tertiary/aromatic N) is 2. The molecule has 0 saturated heterocycles. The summed E-state index contributed by atoms with van der Waals surface area (Å²) < 4.78 is 0. The van der Waals surface area contributed by atoms with Crippen LogP contribution in [0.25, 0.3) is 20.7 Å². The molecule has 0 bridgehead atoms. The number of rotatable bonds is 5. The average molecular weight is 342 g/mol. The van der Waals surface area contributed by atoms with Crippen LogP contribution >= 0.6 is 22.9 Å². The minimum absolute atomic E-state index is 0.535. The summed E-state index contributed by atoms with van der Waals surface area (Å²) >= 11 is 8.22. The first kappa shape index (κ1) is 15.8. The third-order valence-electron chi connectivity index (χ3n) is 3.65. The molecule has 23 heavy (non-hydrogen) atoms. The number of nitrogens with one attached hydrogen (secondary N) is 1. The predicted octanol–water partition coefficient (Wildman–Crippen LogP) is 5.70. The standard InChI is InChI=1S/C18H16ClN3S/c1-2-3-9-21-16-13(10-20)11-22-18-14(16)15(19)17(23-18)12-7-5-4-6-8-12/h4-8,11H,2-3,9H2,1H3,(H,21,22). The Morgan fingerprint density at radius 2 is 2.09 bits per heavy atom. The molecule has 116 valence electrons. The molecular weight excluding hydrogens is 326 g/mol. The number of hydrogen-bond acceptors (Lipinski definition) is 4. The first-order valence-electron chi connectivity index (χ1n) is 7.56. The highest BCUT2D eigenvalue weighted by Crippen LogP contribution is 2.44. The van der Waals surface area contributed by atoms with Crippen LogP contribution in [0.5, 0.6) is 0 Å². The molecule has 3 nitrogen and oxygen atoms in total. The van der Waals surface area contributed by atoms with E-state index in [4.69, 9.17) is 11.6 Å². The number of anilines is 1. The van der Waals surface area contributed by atoms with E-state index < -0.39 is 0 Å². The van der Waals surface area contributed by atoms with Gasteiger partial charge in [-0.15, -0.1) is 11.3 Å². The van der Waals surface area contributed by atoms with E-state index in [9.17, 15) is 5.26 Å². The van der Waals surface area contributed by atoms with Crippen molar-refractivity contribution >= 4 is 38.8 Å². The van der Waals surface area contributed by atoms with Gasteiger partial charge in [0.1, 0.15) is 10.9 Å². The second-order valence-corrected chi connectivity index (χ2v) is 6.61. The molecule has 0 aliphatic rings. The molecule has 1 aromatic carbocycles. The van der Waals surface area contributed by atoms with Crippen molar-refractivity contribution in [2.75, 3.05) is 11.9 Å². The van der Waals surface area contributed by atoms with Gasteiger partial charge in [0.05, 0.1) is 26.5 Å². The summed E-state index contributed by atoms with van der Waals surface area (Å²) in [4.78, 5) is 6.26. The van der Waals surface area contributed by atoms with E-state index in [1.54, 1.807) is 17.5 Å². The Morgan fingerprint density at radius 1 is 1.30 bits per heavy atom. The molecule has 0 spiro atoms. The number of halogens is 1. The van der Waals surface area contributed by atoms with E-state index >= 15 is 0 Å². The lowest BCUT2D eigenvalue weighted by Crippen LogP contribution is -2.03. The van der Waals surface area contributed by atoms with Gasteiger partial charge in [0.25, 0.3) is 0 Å². The average Bonchev–Trinajstić information content (AvgIpc) is 2.93. The van der Waals surface area contributed by atoms with Crippen LogP contribution < -0.4 is 5.32 Å². The maximum absolute atomic E-state index is 9.38. The zero-order valence-electron chi connectivity index (χ0n) is 12.8. The fourth-order valence-corrected chi connectivity index (χ4v) is 3.98. The summed E-state index contributed by atoms with van der Waals surface area (Å²) in [7, 11) is 0. The van der Waals surface area contributed by atoms with Gasteiger partial charge in [0, 0.05) is 12.7 Å². The van der Waals surface area contributed by atoms with Crippen LogP contribution in [-0.4, -0.2) is 11.5 Å². The van der Waals surface area contributed by atoms with E-state index in [2.05, 4.69) is 23.3 Å². The fraction of sp³-hybridized carbons (Fsp3) is 0.222. The fourth-order valence-electron chi connectivity index (χ4n) is 2.46. The highest BCUT2D eigenvalue weighted by Gasteiger charge is 2.18. The van der Waals surface area contributed by atoms with Crippen molar-refractivity contribution in [2.45, 2.75) is 19.8 Å². The minimum atomic E-state index is 0.535. The summed E-state index contributed by atoms with van der Waals surface area (Å²) in [5.41, 5.74) is 2.40. The Bertz CT molecular complexity index is 865. The van der Waals surface area contributed by atoms with E-state index in [1.807, 2.05) is 30.3 Å². The number of thiophene rings is 1. The number of fused-ring (bicyclic) bond motifs is 1. The Hall–Kier alpha value is -2.09. The summed E-state index contributed by atoms with van der Waals surface area (Å²) in [6.45, 7) is 2.96. The molecule has 3 aromatic rings. The Morgan fingerprint density at radius 3 is 2.78 bits per heavy atom. The molecule has 1 N–H and O–H groups in total. The maximum atomic E-state index is 9.38. The quantitative estimate of drug-likeness (QED) is 0.605. The number of unbranched alkanes of at least 4 members (excludes halogenated alkanes) is 1. The predicted molar refractivity (Wildman–Crippen MR) is 98.2 cm³/mol. The lowest BCUT2D eigenvalue weighted by molar-refractivity contribution is 0.834. The highest BCUT2D eigenvalue weighted by molar-refractivity contribution is 7.22. The van der Waals surface area contributed by atoms with Crippen LogP contribution in [0.15, 0.2) is 36.5 Å². The van der Waals surface area contributed by atoms with Crippen molar-refractivity contribution in [2.24, 2.45) is 0 Å². The molecule has 0 fully saturated rings. The van der Waals surface area contributed by atoms with Gasteiger partial charge in [0.2, 0.25) is 0 Å². The molecule has 0 radical (unpaired) electrons. The van der Waals surface area contributed by atoms with E-state index in [0.29, 0.717) is 10.6 Å². The normalized spacial score (nSPS) is 10.7. The van der Waals surface area contributed by atoms with E-state index in [1.165, 1.54) is 0 Å². The third-order valence-corrected chi connectivity index (χ3v) is 5.29. The lowest BCUT2D eigenvalue weighted by atomic mass is 10.1. The number of benzene rings is 1. The van der Waals surface area contributed by atoms with Crippen molar-refractivity contribution in [1.29, 1.82) is 5.26 Å². The second-order valence-electron chi connectivity index (χ2n) is 5.23. The van der Waals surface area contributed by atoms with Crippen LogP contribution in [0.4, 0.5) is 5.69 Å². The second kappa shape index (κ2) is 6.99. The van der Waals surface area contributed by atoms with Crippen LogP contribution in [0.2, 0.25) is 5.02 Å². The van der Waals surface area contributed by atoms with Gasteiger partial charge in [-0.05, 0) is 12.0 Å². The van der Waals surface area contributed by atoms with Crippen molar-refractivity contribution in [3.05, 3.63) is 47.1 Å². The largest absolute Gasteiger partial charge is 0.383 e. The number of nitriles is 1. The molecule has 3 rings (SSSR count). The van der Waals surface area contributed by atoms with Gasteiger partial charge in [-0.2, -0.15) is 5.26 Å². The van der Waals surface area contributed by atoms with Gasteiger partial charge in [-0.1, -0.05) is 55.3 Å². The molecule has 0 aliphatic heterocycles. The minimum Gasteiger partial charge on any atom is -0.383 e. The summed E-state index contributed by atoms with van der Waals surface area (Å²) in [6, 6.07) is 12.2. The molecule has 0 atom stereocenters. The first-order chi connectivity index (χ1) is 11.3. The van der Waals surface area contributed by atoms with Crippen molar-refractivity contribution in [3.8, 4) is 16.5 Å². The van der Waals surface area contributed by atoms with Crippen molar-refractivity contribution < 1.29 is 0 Å². The molecule has 0 aliphatic carbocycles. The number of hydrogen-bond donors (Lipinski definition) is 1. The Labute approximate surface area is 144 Å². The van der Waals surface area contributed by atoms with E-state index in [-0.39, 0.29) is 0 Å². The van der Waals surface area contributed by atoms with Crippen LogP contribution in [0.3, 0.4) is 0 Å². The Kier molecular flexibility index (Phi) is 4.80. The number of aromatic nitrogens is 1. The molecule has 2 aromatic heterocycles. The zero-order valence-corrected chi connectivity index (χ0v) is 14.3. The van der Waals surface area contributed by atoms with Gasteiger partial charge in [0.15, 0.2) is 0 Å². The monoisotopic (exact) mass is 341 g/mol. The summed E-state index contributed by atoms with van der Waals surface area (Å²) in [6.07, 6.45) is 3.76. The van der Waals surface area contributed by atoms with Crippen LogP contribution in [0.1, 0.15) is 25.3 Å². The van der Waals surface area contributed by atoms with Crippen LogP contribution in [-0.2, 0) is 0 Å². The number of pyridine rings is 1. The van der Waals surface area contributed by atoms with Crippen molar-refractivity contribution in [1.82, 2.24) is 4.98 Å². The molecule has 2 heterocycles. The van der Waals surface area contributed by atoms with Crippen LogP contribution in [0, 0.1) is 11.3 Å². The molecular formula is C18H16ClN3S. The van der Waals surface area contributed by atoms with E-state index in [0.717, 1.165) is 45.7 Å². The summed E-state index contributed by atoms with van der Waals surface area (Å²) in [5, 5.41) is 14.3. The zero-order chi connectivity index (χ0) is 16.2. The molecule has 0 unspecified atom stereocenters. The third kappa shape index (κ3) is 3.03. The molecule has 5 heteroatoms. The molecule has 0 amide bonds. The maximum Gasteiger partial charge on any atom is 0.127 e.